The molecule has 4 heteroatoms. The van der Waals surface area contributed by atoms with Crippen LogP contribution in [0.25, 0.3) is 0 Å². The number of hydrogen-bond donors (Lipinski definition) is 2. The number of benzene rings is 1. The summed E-state index contributed by atoms with van der Waals surface area (Å²) in [5.74, 6) is -0.140. The van der Waals surface area contributed by atoms with E-state index in [4.69, 9.17) is 0 Å². The molecule has 0 aliphatic carbocycles. The van der Waals surface area contributed by atoms with Crippen molar-refractivity contribution in [3.8, 4) is 0 Å². The summed E-state index contributed by atoms with van der Waals surface area (Å²) in [5.41, 5.74) is 1.05. The predicted molar refractivity (Wildman–Crippen MR) is 72.3 cm³/mol. The van der Waals surface area contributed by atoms with Gasteiger partial charge in [0.1, 0.15) is 0 Å². The summed E-state index contributed by atoms with van der Waals surface area (Å²) in [5, 5.41) is 5.43. The molecule has 0 aromatic heterocycles. The van der Waals surface area contributed by atoms with Crippen LogP contribution >= 0.6 is 0 Å². The number of amides is 2. The van der Waals surface area contributed by atoms with Gasteiger partial charge in [0.2, 0.25) is 11.8 Å². The van der Waals surface area contributed by atoms with Gasteiger partial charge in [0, 0.05) is 18.2 Å². The van der Waals surface area contributed by atoms with Crippen LogP contribution in [0, 0.1) is 5.41 Å². The van der Waals surface area contributed by atoms with Crippen molar-refractivity contribution in [2.24, 2.45) is 5.41 Å². The molecule has 0 heterocycles. The van der Waals surface area contributed by atoms with Gasteiger partial charge in [0.15, 0.2) is 0 Å². The highest BCUT2D eigenvalue weighted by Crippen LogP contribution is 2.20. The quantitative estimate of drug-likeness (QED) is 0.859. The minimum Gasteiger partial charge on any atom is -0.359 e. The number of carbonyl (C=O) groups excluding carboxylic acids is 2. The van der Waals surface area contributed by atoms with Gasteiger partial charge in [-0.1, -0.05) is 39.0 Å². The zero-order valence-corrected chi connectivity index (χ0v) is 11.3. The highest BCUT2D eigenvalue weighted by atomic mass is 16.2. The van der Waals surface area contributed by atoms with Crippen LogP contribution in [0.2, 0.25) is 0 Å². The summed E-state index contributed by atoms with van der Waals surface area (Å²) < 4.78 is 0. The summed E-state index contributed by atoms with van der Waals surface area (Å²) in [4.78, 5) is 23.3. The first kappa shape index (κ1) is 14.2. The number of anilines is 1. The monoisotopic (exact) mass is 248 g/mol. The summed E-state index contributed by atoms with van der Waals surface area (Å²) in [6.07, 6.45) is 0.261. The normalized spacial score (nSPS) is 10.9. The van der Waals surface area contributed by atoms with Crippen molar-refractivity contribution in [2.45, 2.75) is 27.2 Å². The lowest BCUT2D eigenvalue weighted by atomic mass is 9.95. The van der Waals surface area contributed by atoms with E-state index in [1.807, 2.05) is 45.0 Å². The van der Waals surface area contributed by atoms with Gasteiger partial charge < -0.3 is 10.6 Å². The van der Waals surface area contributed by atoms with Crippen LogP contribution in [0.1, 0.15) is 26.3 Å². The average molecular weight is 248 g/mol. The van der Waals surface area contributed by atoms with Crippen molar-refractivity contribution in [1.82, 2.24) is 5.32 Å². The van der Waals surface area contributed by atoms with Crippen LogP contribution in [0.4, 0.5) is 5.69 Å². The molecule has 0 saturated carbocycles. The van der Waals surface area contributed by atoms with Gasteiger partial charge in [0.25, 0.3) is 0 Å². The molecular formula is C14H20N2O2. The zero-order chi connectivity index (χ0) is 13.8. The second-order valence-electron chi connectivity index (χ2n) is 5.21. The van der Waals surface area contributed by atoms with E-state index in [-0.39, 0.29) is 18.2 Å². The molecule has 0 aliphatic heterocycles. The Morgan fingerprint density at radius 1 is 1.17 bits per heavy atom. The maximum absolute atomic E-state index is 11.9. The lowest BCUT2D eigenvalue weighted by Crippen LogP contribution is -2.28. The van der Waals surface area contributed by atoms with Crippen LogP contribution in [-0.4, -0.2) is 18.9 Å². The van der Waals surface area contributed by atoms with Crippen molar-refractivity contribution in [2.75, 3.05) is 12.4 Å². The first-order valence-corrected chi connectivity index (χ1v) is 5.94. The molecule has 4 nitrogen and oxygen atoms in total. The van der Waals surface area contributed by atoms with Gasteiger partial charge in [-0.2, -0.15) is 0 Å². The Morgan fingerprint density at radius 2 is 1.78 bits per heavy atom. The average Bonchev–Trinajstić information content (AvgIpc) is 2.30. The van der Waals surface area contributed by atoms with Crippen molar-refractivity contribution >= 4 is 17.5 Å². The van der Waals surface area contributed by atoms with Crippen LogP contribution in [0.15, 0.2) is 24.3 Å². The number of para-hydroxylation sites is 1. The molecule has 1 aromatic rings. The lowest BCUT2D eigenvalue weighted by molar-refractivity contribution is -0.123. The van der Waals surface area contributed by atoms with Crippen LogP contribution in [0.3, 0.4) is 0 Å². The van der Waals surface area contributed by atoms with E-state index in [0.29, 0.717) is 5.69 Å². The number of nitrogens with one attached hydrogen (secondary N) is 2. The van der Waals surface area contributed by atoms with Gasteiger partial charge >= 0.3 is 0 Å². The minimum absolute atomic E-state index is 0.0631. The molecule has 0 unspecified atom stereocenters. The van der Waals surface area contributed by atoms with Crippen LogP contribution in [0.5, 0.6) is 0 Å². The van der Waals surface area contributed by atoms with Gasteiger partial charge in [-0.15, -0.1) is 0 Å². The molecule has 98 valence electrons. The molecule has 0 atom stereocenters. The third-order valence-electron chi connectivity index (χ3n) is 2.58. The van der Waals surface area contributed by atoms with Gasteiger partial charge in [-0.25, -0.2) is 0 Å². The van der Waals surface area contributed by atoms with E-state index in [0.717, 1.165) is 5.56 Å². The van der Waals surface area contributed by atoms with Crippen LogP contribution < -0.4 is 10.6 Å². The van der Waals surface area contributed by atoms with E-state index in [9.17, 15) is 9.59 Å². The Morgan fingerprint density at radius 3 is 2.33 bits per heavy atom. The number of rotatable bonds is 3. The van der Waals surface area contributed by atoms with E-state index < -0.39 is 5.41 Å². The standard InChI is InChI=1S/C14H20N2O2/c1-14(2,3)13(18)16-11-8-6-5-7-10(11)9-12(17)15-4/h5-8H,9H2,1-4H3,(H,15,17)(H,16,18). The first-order chi connectivity index (χ1) is 8.34. The molecule has 0 aliphatic rings. The summed E-state index contributed by atoms with van der Waals surface area (Å²) >= 11 is 0. The van der Waals surface area contributed by atoms with E-state index in [1.165, 1.54) is 0 Å². The SMILES string of the molecule is CNC(=O)Cc1ccccc1NC(=O)C(C)(C)C. The number of carbonyl (C=O) groups is 2. The Balaban J connectivity index is 2.89. The Kier molecular flexibility index (Phi) is 4.48. The summed E-state index contributed by atoms with van der Waals surface area (Å²) in [7, 11) is 1.60. The molecular weight excluding hydrogens is 228 g/mol. The highest BCUT2D eigenvalue weighted by Gasteiger charge is 2.22. The molecule has 2 amide bonds. The smallest absolute Gasteiger partial charge is 0.229 e. The number of hydrogen-bond acceptors (Lipinski definition) is 2. The predicted octanol–water partition coefficient (Wildman–Crippen LogP) is 1.96. The summed E-state index contributed by atoms with van der Waals surface area (Å²) in [6, 6.07) is 7.34. The molecule has 0 radical (unpaired) electrons. The molecule has 0 spiro atoms. The lowest BCUT2D eigenvalue weighted by Gasteiger charge is -2.19. The van der Waals surface area contributed by atoms with Crippen molar-refractivity contribution in [1.29, 1.82) is 0 Å². The van der Waals surface area contributed by atoms with Gasteiger partial charge in [-0.05, 0) is 11.6 Å². The zero-order valence-electron chi connectivity index (χ0n) is 11.3. The van der Waals surface area contributed by atoms with Crippen molar-refractivity contribution in [3.63, 3.8) is 0 Å². The molecule has 0 bridgehead atoms. The Bertz CT molecular complexity index is 447. The van der Waals surface area contributed by atoms with Gasteiger partial charge in [-0.3, -0.25) is 9.59 Å². The highest BCUT2D eigenvalue weighted by molar-refractivity contribution is 5.95. The van der Waals surface area contributed by atoms with Gasteiger partial charge in [0.05, 0.1) is 6.42 Å². The van der Waals surface area contributed by atoms with E-state index in [2.05, 4.69) is 10.6 Å². The first-order valence-electron chi connectivity index (χ1n) is 5.94. The minimum atomic E-state index is -0.458. The fourth-order valence-corrected chi connectivity index (χ4v) is 1.37. The molecule has 0 saturated heterocycles. The third kappa shape index (κ3) is 3.87. The fourth-order valence-electron chi connectivity index (χ4n) is 1.37. The molecule has 2 N–H and O–H groups in total. The Hall–Kier alpha value is -1.84. The molecule has 1 aromatic carbocycles. The van der Waals surface area contributed by atoms with Crippen LogP contribution in [-0.2, 0) is 16.0 Å². The number of likely N-dealkylation sites (N-methyl/N-ethyl adjacent to an activating group) is 1. The second kappa shape index (κ2) is 5.67. The molecule has 18 heavy (non-hydrogen) atoms. The third-order valence-corrected chi connectivity index (χ3v) is 2.58. The molecule has 0 fully saturated rings. The maximum atomic E-state index is 11.9. The van der Waals surface area contributed by atoms with Crippen molar-refractivity contribution in [3.05, 3.63) is 29.8 Å². The Labute approximate surface area is 108 Å². The fraction of sp³-hybridized carbons (Fsp3) is 0.429. The summed E-state index contributed by atoms with van der Waals surface area (Å²) in [6.45, 7) is 5.55. The van der Waals surface area contributed by atoms with E-state index >= 15 is 0 Å². The maximum Gasteiger partial charge on any atom is 0.229 e. The largest absolute Gasteiger partial charge is 0.359 e. The topological polar surface area (TPSA) is 58.2 Å². The van der Waals surface area contributed by atoms with E-state index in [1.54, 1.807) is 7.05 Å². The second-order valence-corrected chi connectivity index (χ2v) is 5.21. The van der Waals surface area contributed by atoms with Crippen molar-refractivity contribution < 1.29 is 9.59 Å². The molecule has 1 rings (SSSR count).